The topological polar surface area (TPSA) is 47.6 Å². The highest BCUT2D eigenvalue weighted by atomic mass is 16.5. The maximum absolute atomic E-state index is 11.9. The molecule has 0 aromatic heterocycles. The number of carbonyl (C=O) groups excluding carboxylic acids is 1. The molecule has 1 aliphatic rings. The van der Waals surface area contributed by atoms with E-state index in [9.17, 15) is 4.79 Å². The summed E-state index contributed by atoms with van der Waals surface area (Å²) in [7, 11) is 1.61. The van der Waals surface area contributed by atoms with E-state index in [0.717, 1.165) is 17.7 Å². The molecule has 0 bridgehead atoms. The van der Waals surface area contributed by atoms with E-state index in [1.807, 2.05) is 24.3 Å². The molecule has 1 aromatic rings. The Morgan fingerprint density at radius 1 is 1.47 bits per heavy atom. The standard InChI is InChI=1S/C15H19NO3/c1-3-13-6-4-11-10-12(5-7-14(11)19-13)15(17)16-8-9-18-2/h4-7,10,13H,3,8-9H2,1-2H3,(H,16,17). The largest absolute Gasteiger partial charge is 0.486 e. The molecule has 102 valence electrons. The van der Waals surface area contributed by atoms with Crippen molar-refractivity contribution in [2.45, 2.75) is 19.4 Å². The van der Waals surface area contributed by atoms with Crippen LogP contribution in [0.15, 0.2) is 24.3 Å². The third-order valence-electron chi connectivity index (χ3n) is 3.03. The Balaban J connectivity index is 2.07. The Hall–Kier alpha value is -1.81. The fourth-order valence-electron chi connectivity index (χ4n) is 1.93. The van der Waals surface area contributed by atoms with E-state index < -0.39 is 0 Å². The maximum atomic E-state index is 11.9. The predicted octanol–water partition coefficient (Wildman–Crippen LogP) is 2.25. The highest BCUT2D eigenvalue weighted by Crippen LogP contribution is 2.27. The third kappa shape index (κ3) is 3.35. The van der Waals surface area contributed by atoms with Crippen LogP contribution in [0.1, 0.15) is 29.3 Å². The van der Waals surface area contributed by atoms with Gasteiger partial charge in [-0.05, 0) is 30.7 Å². The first-order valence-corrected chi connectivity index (χ1v) is 6.50. The van der Waals surface area contributed by atoms with Crippen LogP contribution in [0.25, 0.3) is 6.08 Å². The van der Waals surface area contributed by atoms with Gasteiger partial charge >= 0.3 is 0 Å². The molecule has 1 N–H and O–H groups in total. The van der Waals surface area contributed by atoms with Crippen LogP contribution in [-0.2, 0) is 4.74 Å². The molecule has 1 aromatic carbocycles. The average molecular weight is 261 g/mol. The fraction of sp³-hybridized carbons (Fsp3) is 0.400. The van der Waals surface area contributed by atoms with Gasteiger partial charge in [-0.3, -0.25) is 4.79 Å². The number of benzene rings is 1. The average Bonchev–Trinajstić information content (AvgIpc) is 2.46. The van der Waals surface area contributed by atoms with Gasteiger partial charge in [-0.1, -0.05) is 13.0 Å². The van der Waals surface area contributed by atoms with Gasteiger partial charge in [0.1, 0.15) is 11.9 Å². The number of methoxy groups -OCH3 is 1. The number of hydrogen-bond donors (Lipinski definition) is 1. The van der Waals surface area contributed by atoms with Crippen molar-refractivity contribution in [1.29, 1.82) is 0 Å². The van der Waals surface area contributed by atoms with Crippen molar-refractivity contribution in [1.82, 2.24) is 5.32 Å². The summed E-state index contributed by atoms with van der Waals surface area (Å²) in [5.74, 6) is 0.744. The first kappa shape index (κ1) is 13.6. The summed E-state index contributed by atoms with van der Waals surface area (Å²) in [5, 5.41) is 2.80. The zero-order valence-electron chi connectivity index (χ0n) is 11.3. The van der Waals surface area contributed by atoms with Gasteiger partial charge in [0.05, 0.1) is 6.61 Å². The second-order valence-electron chi connectivity index (χ2n) is 4.42. The Bertz CT molecular complexity index is 482. The van der Waals surface area contributed by atoms with Crippen molar-refractivity contribution >= 4 is 12.0 Å². The van der Waals surface area contributed by atoms with Crippen LogP contribution in [0.5, 0.6) is 5.75 Å². The van der Waals surface area contributed by atoms with E-state index in [-0.39, 0.29) is 12.0 Å². The maximum Gasteiger partial charge on any atom is 0.251 e. The number of nitrogens with one attached hydrogen (secondary N) is 1. The van der Waals surface area contributed by atoms with E-state index >= 15 is 0 Å². The molecule has 1 amide bonds. The summed E-state index contributed by atoms with van der Waals surface area (Å²) in [6, 6.07) is 5.49. The lowest BCUT2D eigenvalue weighted by Gasteiger charge is -2.20. The normalized spacial score (nSPS) is 16.6. The van der Waals surface area contributed by atoms with Gasteiger partial charge in [0.25, 0.3) is 5.91 Å². The SMILES string of the molecule is CCC1C=Cc2cc(C(=O)NCCOC)ccc2O1. The minimum atomic E-state index is -0.0918. The zero-order chi connectivity index (χ0) is 13.7. The Morgan fingerprint density at radius 3 is 3.05 bits per heavy atom. The van der Waals surface area contributed by atoms with Gasteiger partial charge in [-0.2, -0.15) is 0 Å². The molecule has 0 radical (unpaired) electrons. The number of fused-ring (bicyclic) bond motifs is 1. The molecule has 0 saturated carbocycles. The number of amides is 1. The Kier molecular flexibility index (Phi) is 4.58. The summed E-state index contributed by atoms with van der Waals surface area (Å²) in [5.41, 5.74) is 1.59. The lowest BCUT2D eigenvalue weighted by Crippen LogP contribution is -2.27. The molecule has 0 fully saturated rings. The van der Waals surface area contributed by atoms with E-state index in [0.29, 0.717) is 18.7 Å². The second-order valence-corrected chi connectivity index (χ2v) is 4.42. The van der Waals surface area contributed by atoms with Crippen LogP contribution in [0.3, 0.4) is 0 Å². The monoisotopic (exact) mass is 261 g/mol. The Morgan fingerprint density at radius 2 is 2.32 bits per heavy atom. The molecule has 0 spiro atoms. The molecule has 1 unspecified atom stereocenters. The molecule has 0 saturated heterocycles. The van der Waals surface area contributed by atoms with E-state index in [1.54, 1.807) is 13.2 Å². The summed E-state index contributed by atoms with van der Waals surface area (Å²) in [6.07, 6.45) is 5.11. The van der Waals surface area contributed by atoms with E-state index in [2.05, 4.69) is 12.2 Å². The quantitative estimate of drug-likeness (QED) is 0.827. The van der Waals surface area contributed by atoms with E-state index in [4.69, 9.17) is 9.47 Å². The minimum absolute atomic E-state index is 0.0918. The van der Waals surface area contributed by atoms with Crippen molar-refractivity contribution in [3.05, 3.63) is 35.4 Å². The van der Waals surface area contributed by atoms with Gasteiger partial charge in [0.15, 0.2) is 0 Å². The highest BCUT2D eigenvalue weighted by Gasteiger charge is 2.15. The molecule has 4 heteroatoms. The zero-order valence-corrected chi connectivity index (χ0v) is 11.3. The molecule has 0 aliphatic carbocycles. The molecule has 1 aliphatic heterocycles. The summed E-state index contributed by atoms with van der Waals surface area (Å²) < 4.78 is 10.7. The lowest BCUT2D eigenvalue weighted by molar-refractivity contribution is 0.0937. The first-order chi connectivity index (χ1) is 9.24. The number of rotatable bonds is 5. The van der Waals surface area contributed by atoms with E-state index in [1.165, 1.54) is 0 Å². The third-order valence-corrected chi connectivity index (χ3v) is 3.03. The molecular formula is C15H19NO3. The van der Waals surface area contributed by atoms with Gasteiger partial charge in [0, 0.05) is 24.8 Å². The number of carbonyl (C=O) groups is 1. The Labute approximate surface area is 113 Å². The van der Waals surface area contributed by atoms with Crippen molar-refractivity contribution in [2.24, 2.45) is 0 Å². The summed E-state index contributed by atoms with van der Waals surface area (Å²) in [6.45, 7) is 3.10. The first-order valence-electron chi connectivity index (χ1n) is 6.50. The molecular weight excluding hydrogens is 242 g/mol. The highest BCUT2D eigenvalue weighted by molar-refractivity contribution is 5.95. The summed E-state index contributed by atoms with van der Waals surface area (Å²) in [4.78, 5) is 11.9. The predicted molar refractivity (Wildman–Crippen MR) is 74.4 cm³/mol. The fourth-order valence-corrected chi connectivity index (χ4v) is 1.93. The van der Waals surface area contributed by atoms with Crippen LogP contribution >= 0.6 is 0 Å². The van der Waals surface area contributed by atoms with Crippen LogP contribution < -0.4 is 10.1 Å². The van der Waals surface area contributed by atoms with Crippen LogP contribution in [0.2, 0.25) is 0 Å². The second kappa shape index (κ2) is 6.38. The van der Waals surface area contributed by atoms with Crippen LogP contribution in [0.4, 0.5) is 0 Å². The molecule has 2 rings (SSSR count). The lowest BCUT2D eigenvalue weighted by atomic mass is 10.0. The smallest absolute Gasteiger partial charge is 0.251 e. The molecule has 19 heavy (non-hydrogen) atoms. The molecule has 1 heterocycles. The van der Waals surface area contributed by atoms with Gasteiger partial charge in [0.2, 0.25) is 0 Å². The number of hydrogen-bond acceptors (Lipinski definition) is 3. The summed E-state index contributed by atoms with van der Waals surface area (Å²) >= 11 is 0. The van der Waals surface area contributed by atoms with Crippen LogP contribution in [0, 0.1) is 0 Å². The molecule has 4 nitrogen and oxygen atoms in total. The van der Waals surface area contributed by atoms with Crippen LogP contribution in [-0.4, -0.2) is 32.3 Å². The minimum Gasteiger partial charge on any atom is -0.486 e. The van der Waals surface area contributed by atoms with Gasteiger partial charge < -0.3 is 14.8 Å². The van der Waals surface area contributed by atoms with Crippen molar-refractivity contribution in [2.75, 3.05) is 20.3 Å². The number of ether oxygens (including phenoxy) is 2. The van der Waals surface area contributed by atoms with Crippen molar-refractivity contribution in [3.8, 4) is 5.75 Å². The van der Waals surface area contributed by atoms with Crippen molar-refractivity contribution in [3.63, 3.8) is 0 Å². The van der Waals surface area contributed by atoms with Crippen molar-refractivity contribution < 1.29 is 14.3 Å². The molecule has 1 atom stereocenters. The van der Waals surface area contributed by atoms with Gasteiger partial charge in [-0.15, -0.1) is 0 Å². The van der Waals surface area contributed by atoms with Gasteiger partial charge in [-0.25, -0.2) is 0 Å².